The molecule has 1 heterocycles. The van der Waals surface area contributed by atoms with Gasteiger partial charge in [-0.3, -0.25) is 4.79 Å². The Labute approximate surface area is 98.0 Å². The number of nitrogens with two attached hydrogens (primary N) is 1. The summed E-state index contributed by atoms with van der Waals surface area (Å²) >= 11 is 11.6. The third-order valence-electron chi connectivity index (χ3n) is 2.17. The van der Waals surface area contributed by atoms with E-state index in [2.05, 4.69) is 4.98 Å². The van der Waals surface area contributed by atoms with E-state index in [1.165, 1.54) is 12.3 Å². The van der Waals surface area contributed by atoms with Crippen molar-refractivity contribution in [2.45, 2.75) is 13.0 Å². The summed E-state index contributed by atoms with van der Waals surface area (Å²) in [5.74, 6) is -0.427. The van der Waals surface area contributed by atoms with Crippen LogP contribution in [0.15, 0.2) is 12.3 Å². The molecule has 0 aromatic carbocycles. The molecule has 0 saturated heterocycles. The second kappa shape index (κ2) is 4.68. The van der Waals surface area contributed by atoms with Crippen molar-refractivity contribution in [1.29, 1.82) is 0 Å². The Morgan fingerprint density at radius 3 is 2.67 bits per heavy atom. The lowest BCUT2D eigenvalue weighted by Gasteiger charge is -2.24. The predicted molar refractivity (Wildman–Crippen MR) is 61.3 cm³/mol. The van der Waals surface area contributed by atoms with Gasteiger partial charge in [0.15, 0.2) is 0 Å². The van der Waals surface area contributed by atoms with Crippen LogP contribution in [0, 0.1) is 0 Å². The van der Waals surface area contributed by atoms with Gasteiger partial charge in [-0.2, -0.15) is 0 Å². The van der Waals surface area contributed by atoms with Crippen molar-refractivity contribution in [2.75, 3.05) is 11.9 Å². The van der Waals surface area contributed by atoms with Gasteiger partial charge in [-0.05, 0) is 13.0 Å². The van der Waals surface area contributed by atoms with Crippen molar-refractivity contribution in [3.05, 3.63) is 22.4 Å². The zero-order valence-corrected chi connectivity index (χ0v) is 9.88. The fourth-order valence-corrected chi connectivity index (χ4v) is 1.56. The summed E-state index contributed by atoms with van der Waals surface area (Å²) in [5, 5.41) is 0.745. The molecular weight excluding hydrogens is 237 g/mol. The van der Waals surface area contributed by atoms with Crippen LogP contribution in [0.4, 0.5) is 5.69 Å². The van der Waals surface area contributed by atoms with Crippen LogP contribution in [0.25, 0.3) is 0 Å². The maximum Gasteiger partial charge on any atom is 0.239 e. The molecule has 0 bridgehead atoms. The lowest BCUT2D eigenvalue weighted by atomic mass is 10.2. The molecule has 15 heavy (non-hydrogen) atoms. The van der Waals surface area contributed by atoms with Crippen molar-refractivity contribution < 1.29 is 4.79 Å². The van der Waals surface area contributed by atoms with E-state index in [1.54, 1.807) is 18.9 Å². The molecule has 0 aliphatic rings. The average Bonchev–Trinajstić information content (AvgIpc) is 2.15. The first-order chi connectivity index (χ1) is 6.93. The second-order valence-corrected chi connectivity index (χ2v) is 3.94. The number of likely N-dealkylation sites (N-methyl/N-ethyl adjacent to an activating group) is 1. The minimum atomic E-state index is -0.453. The van der Waals surface area contributed by atoms with E-state index in [0.717, 1.165) is 0 Å². The van der Waals surface area contributed by atoms with Gasteiger partial charge < -0.3 is 10.6 Å². The molecule has 1 atom stereocenters. The Morgan fingerprint density at radius 2 is 2.20 bits per heavy atom. The van der Waals surface area contributed by atoms with Gasteiger partial charge in [0.1, 0.15) is 11.2 Å². The third kappa shape index (κ3) is 2.73. The summed E-state index contributed by atoms with van der Waals surface area (Å²) in [6.07, 6.45) is 1.50. The highest BCUT2D eigenvalue weighted by atomic mass is 35.5. The van der Waals surface area contributed by atoms with Crippen LogP contribution in [0.5, 0.6) is 0 Å². The summed E-state index contributed by atoms with van der Waals surface area (Å²) in [6.45, 7) is 1.69. The number of nitrogens with zero attached hydrogens (tertiary/aromatic N) is 2. The molecule has 0 aliphatic heterocycles. The number of primary amides is 1. The molecule has 0 spiro atoms. The molecule has 4 nitrogen and oxygen atoms in total. The van der Waals surface area contributed by atoms with Gasteiger partial charge in [-0.1, -0.05) is 23.2 Å². The number of anilines is 1. The van der Waals surface area contributed by atoms with Crippen LogP contribution in [-0.2, 0) is 4.79 Å². The van der Waals surface area contributed by atoms with Crippen molar-refractivity contribution in [3.8, 4) is 0 Å². The maximum absolute atomic E-state index is 11.0. The van der Waals surface area contributed by atoms with Crippen LogP contribution >= 0.6 is 23.2 Å². The largest absolute Gasteiger partial charge is 0.368 e. The highest BCUT2D eigenvalue weighted by molar-refractivity contribution is 6.35. The highest BCUT2D eigenvalue weighted by Crippen LogP contribution is 2.27. The van der Waals surface area contributed by atoms with Gasteiger partial charge in [0, 0.05) is 7.05 Å². The molecule has 1 aromatic heterocycles. The molecule has 0 saturated carbocycles. The summed E-state index contributed by atoms with van der Waals surface area (Å²) in [4.78, 5) is 16.5. The third-order valence-corrected chi connectivity index (χ3v) is 2.68. The molecule has 2 N–H and O–H groups in total. The quantitative estimate of drug-likeness (QED) is 0.828. The average molecular weight is 248 g/mol. The van der Waals surface area contributed by atoms with Crippen LogP contribution < -0.4 is 10.6 Å². The molecule has 6 heteroatoms. The molecule has 82 valence electrons. The van der Waals surface area contributed by atoms with E-state index in [9.17, 15) is 4.79 Å². The van der Waals surface area contributed by atoms with Crippen molar-refractivity contribution in [1.82, 2.24) is 4.98 Å². The molecule has 1 aromatic rings. The number of aromatic nitrogens is 1. The lowest BCUT2D eigenvalue weighted by Crippen LogP contribution is -2.40. The Kier molecular flexibility index (Phi) is 3.77. The van der Waals surface area contributed by atoms with Gasteiger partial charge in [-0.25, -0.2) is 4.98 Å². The number of carbonyl (C=O) groups excluding carboxylic acids is 1. The first kappa shape index (κ1) is 12.1. The first-order valence-corrected chi connectivity index (χ1v) is 5.02. The summed E-state index contributed by atoms with van der Waals surface area (Å²) < 4.78 is 0. The van der Waals surface area contributed by atoms with E-state index < -0.39 is 11.9 Å². The molecule has 0 radical (unpaired) electrons. The van der Waals surface area contributed by atoms with Crippen molar-refractivity contribution in [3.63, 3.8) is 0 Å². The van der Waals surface area contributed by atoms with E-state index in [1.807, 2.05) is 0 Å². The number of halogens is 2. The molecule has 1 amide bonds. The van der Waals surface area contributed by atoms with E-state index >= 15 is 0 Å². The molecule has 0 unspecified atom stereocenters. The Hall–Kier alpha value is -1.000. The summed E-state index contributed by atoms with van der Waals surface area (Å²) in [5.41, 5.74) is 5.80. The Bertz CT molecular complexity index is 384. The van der Waals surface area contributed by atoms with Crippen molar-refractivity contribution in [2.24, 2.45) is 5.73 Å². The highest BCUT2D eigenvalue weighted by Gasteiger charge is 2.17. The first-order valence-electron chi connectivity index (χ1n) is 4.26. The summed E-state index contributed by atoms with van der Waals surface area (Å²) in [6, 6.07) is 1.06. The van der Waals surface area contributed by atoms with E-state index in [4.69, 9.17) is 28.9 Å². The molecule has 0 fully saturated rings. The number of hydrogen-bond acceptors (Lipinski definition) is 3. The Morgan fingerprint density at radius 1 is 1.60 bits per heavy atom. The van der Waals surface area contributed by atoms with Gasteiger partial charge in [0.05, 0.1) is 16.9 Å². The SMILES string of the molecule is C[C@H](C(N)=O)N(C)c1cnc(Cl)cc1Cl. The van der Waals surface area contributed by atoms with Gasteiger partial charge >= 0.3 is 0 Å². The topological polar surface area (TPSA) is 59.2 Å². The van der Waals surface area contributed by atoms with Crippen LogP contribution in [0.1, 0.15) is 6.92 Å². The number of hydrogen-bond donors (Lipinski definition) is 1. The monoisotopic (exact) mass is 247 g/mol. The predicted octanol–water partition coefficient (Wildman–Crippen LogP) is 1.70. The lowest BCUT2D eigenvalue weighted by molar-refractivity contribution is -0.118. The molecular formula is C9H11Cl2N3O. The standard InChI is InChI=1S/C9H11Cl2N3O/c1-5(9(12)15)14(2)7-4-13-8(11)3-6(7)10/h3-5H,1-2H3,(H2,12,15)/t5-/m1/s1. The van der Waals surface area contributed by atoms with E-state index in [0.29, 0.717) is 15.9 Å². The zero-order chi connectivity index (χ0) is 11.6. The van der Waals surface area contributed by atoms with Gasteiger partial charge in [0.2, 0.25) is 5.91 Å². The van der Waals surface area contributed by atoms with E-state index in [-0.39, 0.29) is 0 Å². The minimum Gasteiger partial charge on any atom is -0.368 e. The zero-order valence-electron chi connectivity index (χ0n) is 8.37. The molecule has 0 aliphatic carbocycles. The number of pyridine rings is 1. The maximum atomic E-state index is 11.0. The number of carbonyl (C=O) groups is 1. The number of amides is 1. The molecule has 1 rings (SSSR count). The summed E-state index contributed by atoms with van der Waals surface area (Å²) in [7, 11) is 1.71. The Balaban J connectivity index is 3.01. The van der Waals surface area contributed by atoms with Crippen molar-refractivity contribution >= 4 is 34.8 Å². The van der Waals surface area contributed by atoms with Gasteiger partial charge in [0.25, 0.3) is 0 Å². The number of rotatable bonds is 3. The van der Waals surface area contributed by atoms with Crippen LogP contribution in [0.3, 0.4) is 0 Å². The van der Waals surface area contributed by atoms with Crippen LogP contribution in [0.2, 0.25) is 10.2 Å². The fraction of sp³-hybridized carbons (Fsp3) is 0.333. The van der Waals surface area contributed by atoms with Gasteiger partial charge in [-0.15, -0.1) is 0 Å². The fourth-order valence-electron chi connectivity index (χ4n) is 1.06. The second-order valence-electron chi connectivity index (χ2n) is 3.15. The normalized spacial score (nSPS) is 12.3. The minimum absolute atomic E-state index is 0.309. The smallest absolute Gasteiger partial charge is 0.239 e. The van der Waals surface area contributed by atoms with Crippen LogP contribution in [-0.4, -0.2) is 24.0 Å².